The lowest BCUT2D eigenvalue weighted by Gasteiger charge is -2.47. The predicted molar refractivity (Wildman–Crippen MR) is 200 cm³/mol. The van der Waals surface area contributed by atoms with Crippen LogP contribution in [0.25, 0.3) is 11.1 Å². The Labute approximate surface area is 301 Å². The van der Waals surface area contributed by atoms with Gasteiger partial charge in [-0.3, -0.25) is 14.5 Å². The second-order valence-electron chi connectivity index (χ2n) is 15.3. The van der Waals surface area contributed by atoms with E-state index in [0.717, 1.165) is 47.9 Å². The summed E-state index contributed by atoms with van der Waals surface area (Å²) in [6.07, 6.45) is 8.24. The van der Waals surface area contributed by atoms with Crippen LogP contribution >= 0.6 is 0 Å². The van der Waals surface area contributed by atoms with E-state index in [4.69, 9.17) is 4.42 Å². The molecule has 2 heterocycles. The Morgan fingerprint density at radius 2 is 1.63 bits per heavy atom. The topological polar surface area (TPSA) is 94.2 Å². The Hall–Kier alpha value is -4.30. The molecular weight excluding hydrogens is 636 g/mol. The molecule has 51 heavy (non-hydrogen) atoms. The zero-order valence-electron chi connectivity index (χ0n) is 29.9. The average molecular weight is 687 g/mol. The fraction of sp³-hybridized carbons (Fsp3) is 0.409. The third kappa shape index (κ3) is 7.25. The quantitative estimate of drug-likeness (QED) is 0.160. The van der Waals surface area contributed by atoms with Crippen LogP contribution < -0.4 is 0 Å². The van der Waals surface area contributed by atoms with Crippen molar-refractivity contribution in [2.24, 2.45) is 5.41 Å². The summed E-state index contributed by atoms with van der Waals surface area (Å²) >= 11 is 0. The van der Waals surface area contributed by atoms with Crippen molar-refractivity contribution in [1.29, 1.82) is 0 Å². The summed E-state index contributed by atoms with van der Waals surface area (Å²) in [7, 11) is 0. The molecule has 3 aliphatic carbocycles. The number of ketones is 1. The number of nitrogens with zero attached hydrogens (tertiary/aromatic N) is 2. The van der Waals surface area contributed by atoms with Gasteiger partial charge in [-0.25, -0.2) is 0 Å². The van der Waals surface area contributed by atoms with Crippen molar-refractivity contribution in [2.45, 2.75) is 76.4 Å². The van der Waals surface area contributed by atoms with E-state index < -0.39 is 17.1 Å². The van der Waals surface area contributed by atoms with Crippen LogP contribution in [0.2, 0.25) is 0 Å². The smallest absolute Gasteiger partial charge is 0.289 e. The number of furan rings is 1. The first-order valence-corrected chi connectivity index (χ1v) is 18.6. The van der Waals surface area contributed by atoms with Crippen LogP contribution in [0.15, 0.2) is 107 Å². The molecule has 2 bridgehead atoms. The molecule has 1 aromatic heterocycles. The summed E-state index contributed by atoms with van der Waals surface area (Å²) in [6.45, 7) is 7.38. The maximum absolute atomic E-state index is 14.5. The summed E-state index contributed by atoms with van der Waals surface area (Å²) in [5.41, 5.74) is 5.15. The number of β-amino-alcohol motifs (C(OH)–C–C–N with tert-alkyl or cyclic N) is 1. The van der Waals surface area contributed by atoms with Gasteiger partial charge in [0.1, 0.15) is 0 Å². The number of piperazine rings is 1. The molecule has 2 N–H and O–H groups in total. The highest BCUT2D eigenvalue weighted by molar-refractivity contribution is 6.10. The Morgan fingerprint density at radius 1 is 0.882 bits per heavy atom. The van der Waals surface area contributed by atoms with E-state index in [1.54, 1.807) is 12.1 Å². The molecule has 4 aliphatic rings. The monoisotopic (exact) mass is 686 g/mol. The predicted octanol–water partition coefficient (Wildman–Crippen LogP) is 7.67. The van der Waals surface area contributed by atoms with Crippen LogP contribution in [0.1, 0.15) is 95.9 Å². The highest BCUT2D eigenvalue weighted by Crippen LogP contribution is 2.59. The van der Waals surface area contributed by atoms with Crippen molar-refractivity contribution in [3.8, 4) is 11.1 Å². The summed E-state index contributed by atoms with van der Waals surface area (Å²) in [5, 5.41) is 23.8. The van der Waals surface area contributed by atoms with Gasteiger partial charge >= 0.3 is 0 Å². The number of carbonyl (C=O) groups excluding carboxylic acids is 2. The van der Waals surface area contributed by atoms with Gasteiger partial charge in [0.2, 0.25) is 0 Å². The minimum absolute atomic E-state index is 0.0288. The largest absolute Gasteiger partial charge is 0.459 e. The second-order valence-corrected chi connectivity index (χ2v) is 15.3. The van der Waals surface area contributed by atoms with Crippen molar-refractivity contribution >= 4 is 11.7 Å². The Morgan fingerprint density at radius 3 is 2.35 bits per heavy atom. The SMILES string of the molecule is CC1=CCC[C@@]2(C)[C@@H](CC[C@@]2(O)CN2CCN(C(=O)c3ccco3)CC2)c2ccc(cc2C(=O)c2ccc(-c3ccccc3)cc2)C[C@@H](O)CC1. The molecule has 4 aromatic rings. The van der Waals surface area contributed by atoms with Gasteiger partial charge in [0, 0.05) is 49.3 Å². The molecule has 3 aromatic carbocycles. The lowest BCUT2D eigenvalue weighted by atomic mass is 9.64. The van der Waals surface area contributed by atoms with E-state index in [1.807, 2.05) is 53.4 Å². The van der Waals surface area contributed by atoms with Crippen molar-refractivity contribution in [1.82, 2.24) is 9.80 Å². The third-order valence-corrected chi connectivity index (χ3v) is 12.0. The van der Waals surface area contributed by atoms with Crippen molar-refractivity contribution in [2.75, 3.05) is 32.7 Å². The normalized spacial score (nSPS) is 26.0. The summed E-state index contributed by atoms with van der Waals surface area (Å²) in [4.78, 5) is 31.6. The van der Waals surface area contributed by atoms with E-state index in [0.29, 0.717) is 68.9 Å². The van der Waals surface area contributed by atoms with Gasteiger partial charge < -0.3 is 19.5 Å². The molecule has 0 spiro atoms. The fourth-order valence-corrected chi connectivity index (χ4v) is 8.83. The van der Waals surface area contributed by atoms with Gasteiger partial charge in [-0.05, 0) is 98.2 Å². The average Bonchev–Trinajstić information content (AvgIpc) is 3.77. The van der Waals surface area contributed by atoms with Crippen molar-refractivity contribution < 1.29 is 24.2 Å². The van der Waals surface area contributed by atoms with Crippen molar-refractivity contribution in [3.63, 3.8) is 0 Å². The van der Waals surface area contributed by atoms with E-state index in [2.05, 4.69) is 49.1 Å². The number of fused-ring (bicyclic) bond motifs is 8. The molecule has 1 amide bonds. The Bertz CT molecular complexity index is 1860. The van der Waals surface area contributed by atoms with E-state index in [9.17, 15) is 19.8 Å². The number of carbonyl (C=O) groups is 2. The number of amides is 1. The van der Waals surface area contributed by atoms with Crippen LogP contribution in [0.3, 0.4) is 0 Å². The molecular formula is C44H50N2O5. The molecule has 8 rings (SSSR count). The number of hydrogen-bond donors (Lipinski definition) is 2. The number of rotatable bonds is 6. The second kappa shape index (κ2) is 14.7. The summed E-state index contributed by atoms with van der Waals surface area (Å²) < 4.78 is 5.36. The van der Waals surface area contributed by atoms with Gasteiger partial charge in [-0.1, -0.05) is 85.3 Å². The molecule has 2 fully saturated rings. The number of aliphatic hydroxyl groups excluding tert-OH is 1. The lowest BCUT2D eigenvalue weighted by Crippen LogP contribution is -2.57. The maximum Gasteiger partial charge on any atom is 0.289 e. The summed E-state index contributed by atoms with van der Waals surface area (Å²) in [5.74, 6) is 0.193. The number of hydrogen-bond acceptors (Lipinski definition) is 6. The molecule has 1 saturated carbocycles. The molecule has 1 saturated heterocycles. The summed E-state index contributed by atoms with van der Waals surface area (Å²) in [6, 6.07) is 27.6. The van der Waals surface area contributed by atoms with E-state index in [-0.39, 0.29) is 17.6 Å². The third-order valence-electron chi connectivity index (χ3n) is 12.0. The van der Waals surface area contributed by atoms with Crippen molar-refractivity contribution in [3.05, 3.63) is 131 Å². The van der Waals surface area contributed by atoms with E-state index in [1.165, 1.54) is 11.8 Å². The minimum Gasteiger partial charge on any atom is -0.459 e. The van der Waals surface area contributed by atoms with Gasteiger partial charge in [0.15, 0.2) is 11.5 Å². The number of aliphatic hydroxyl groups is 2. The lowest BCUT2D eigenvalue weighted by molar-refractivity contribution is -0.0876. The van der Waals surface area contributed by atoms with Crippen LogP contribution in [-0.2, 0) is 6.42 Å². The van der Waals surface area contributed by atoms with Crippen LogP contribution in [0, 0.1) is 5.41 Å². The van der Waals surface area contributed by atoms with Crippen LogP contribution in [0.4, 0.5) is 0 Å². The maximum atomic E-state index is 14.5. The molecule has 7 nitrogen and oxygen atoms in total. The van der Waals surface area contributed by atoms with Gasteiger partial charge in [-0.2, -0.15) is 0 Å². The first-order chi connectivity index (χ1) is 24.6. The standard InChI is InChI=1S/C44H50N2O5/c1-31-8-6-21-43(2)39(20-22-44(43,50)30-45-23-25-46(26-24-45)42(49)40-11-7-27-51-40)37-19-13-32(28-36(47)18-12-31)29-38(37)41(48)35-16-14-34(15-17-35)33-9-4-3-5-10-33/h3-5,7-11,13-17,19,27,29,36,39,47,50H,6,12,18,20-26,28,30H2,1-2H3/t36-,39-,43-,44+/m0/s1. The molecule has 1 aliphatic heterocycles. The Balaban J connectivity index is 1.20. The molecule has 266 valence electrons. The molecule has 0 unspecified atom stereocenters. The van der Waals surface area contributed by atoms with Crippen LogP contribution in [-0.4, -0.2) is 76.1 Å². The first kappa shape index (κ1) is 35.1. The highest BCUT2D eigenvalue weighted by atomic mass is 16.3. The fourth-order valence-electron chi connectivity index (χ4n) is 8.83. The molecule has 7 heteroatoms. The van der Waals surface area contributed by atoms with E-state index >= 15 is 0 Å². The van der Waals surface area contributed by atoms with Crippen LogP contribution in [0.5, 0.6) is 0 Å². The Kier molecular flexibility index (Phi) is 10.2. The first-order valence-electron chi connectivity index (χ1n) is 18.6. The number of allylic oxidation sites excluding steroid dienone is 2. The molecule has 4 atom stereocenters. The zero-order valence-corrected chi connectivity index (χ0v) is 29.9. The molecule has 0 radical (unpaired) electrons. The van der Waals surface area contributed by atoms with Gasteiger partial charge in [-0.15, -0.1) is 0 Å². The van der Waals surface area contributed by atoms with Gasteiger partial charge in [0.25, 0.3) is 5.91 Å². The highest BCUT2D eigenvalue weighted by Gasteiger charge is 2.57. The van der Waals surface area contributed by atoms with Gasteiger partial charge in [0.05, 0.1) is 18.0 Å². The minimum atomic E-state index is -0.990. The number of benzene rings is 3. The zero-order chi connectivity index (χ0) is 35.6.